The van der Waals surface area contributed by atoms with Crippen LogP contribution in [-0.2, 0) is 12.8 Å². The van der Waals surface area contributed by atoms with Gasteiger partial charge in [-0.25, -0.2) is 0 Å². The minimum Gasteiger partial charge on any atom is -0.288 e. The van der Waals surface area contributed by atoms with Crippen molar-refractivity contribution < 1.29 is 4.79 Å². The third-order valence-corrected chi connectivity index (χ3v) is 3.61. The van der Waals surface area contributed by atoms with E-state index in [2.05, 4.69) is 23.4 Å². The fraction of sp³-hybridized carbons (Fsp3) is 0.357. The molecule has 0 bridgehead atoms. The Morgan fingerprint density at radius 1 is 1.33 bits per heavy atom. The molecule has 1 aromatic carbocycles. The fourth-order valence-electron chi connectivity index (χ4n) is 1.85. The Balaban J connectivity index is 2.32. The molecule has 0 unspecified atom stereocenters. The van der Waals surface area contributed by atoms with Crippen LogP contribution in [0, 0.1) is 0 Å². The topological polar surface area (TPSA) is 42.9 Å². The zero-order valence-corrected chi connectivity index (χ0v) is 11.5. The van der Waals surface area contributed by atoms with Crippen LogP contribution in [0.4, 0.5) is 0 Å². The number of aryl methyl sites for hydroxylation is 2. The zero-order valence-electron chi connectivity index (χ0n) is 10.6. The Morgan fingerprint density at radius 3 is 2.89 bits per heavy atom. The molecule has 0 fully saturated rings. The molecule has 2 aromatic rings. The van der Waals surface area contributed by atoms with Crippen molar-refractivity contribution in [3.05, 3.63) is 46.0 Å². The maximum Gasteiger partial charge on any atom is 0.206 e. The third kappa shape index (κ3) is 2.64. The van der Waals surface area contributed by atoms with Crippen LogP contribution in [0.15, 0.2) is 24.3 Å². The van der Waals surface area contributed by atoms with Crippen molar-refractivity contribution in [2.75, 3.05) is 0 Å². The highest BCUT2D eigenvalue weighted by Gasteiger charge is 2.17. The Labute approximate surface area is 111 Å². The summed E-state index contributed by atoms with van der Waals surface area (Å²) < 4.78 is 3.90. The van der Waals surface area contributed by atoms with Crippen molar-refractivity contribution in [1.82, 2.24) is 9.59 Å². The van der Waals surface area contributed by atoms with Gasteiger partial charge in [0.2, 0.25) is 5.78 Å². The lowest BCUT2D eigenvalue weighted by molar-refractivity contribution is 0.104. The molecule has 0 aliphatic carbocycles. The molecule has 0 aliphatic rings. The summed E-state index contributed by atoms with van der Waals surface area (Å²) in [6.45, 7) is 4.16. The summed E-state index contributed by atoms with van der Waals surface area (Å²) in [6.07, 6.45) is 2.72. The van der Waals surface area contributed by atoms with Crippen molar-refractivity contribution in [2.24, 2.45) is 0 Å². The highest BCUT2D eigenvalue weighted by Crippen LogP contribution is 2.18. The molecule has 3 nitrogen and oxygen atoms in total. The summed E-state index contributed by atoms with van der Waals surface area (Å²) in [5, 5.41) is 4.04. The number of rotatable bonds is 5. The second-order valence-corrected chi connectivity index (χ2v) is 4.94. The van der Waals surface area contributed by atoms with Gasteiger partial charge >= 0.3 is 0 Å². The maximum absolute atomic E-state index is 12.4. The van der Waals surface area contributed by atoms with E-state index in [-0.39, 0.29) is 5.78 Å². The molecule has 18 heavy (non-hydrogen) atoms. The Hall–Kier alpha value is -1.55. The second kappa shape index (κ2) is 5.87. The number of ketones is 1. The van der Waals surface area contributed by atoms with E-state index in [9.17, 15) is 4.79 Å². The molecule has 94 valence electrons. The third-order valence-electron chi connectivity index (χ3n) is 2.85. The number of hydrogen-bond acceptors (Lipinski definition) is 4. The molecular formula is C14H16N2OS. The van der Waals surface area contributed by atoms with Crippen molar-refractivity contribution >= 4 is 17.3 Å². The maximum atomic E-state index is 12.4. The van der Waals surface area contributed by atoms with E-state index in [4.69, 9.17) is 0 Å². The normalized spacial score (nSPS) is 10.6. The van der Waals surface area contributed by atoms with Gasteiger partial charge in [0.05, 0.1) is 5.69 Å². The van der Waals surface area contributed by atoms with Crippen LogP contribution in [-0.4, -0.2) is 15.4 Å². The molecule has 0 N–H and O–H groups in total. The lowest BCUT2D eigenvalue weighted by Gasteiger charge is -2.02. The molecule has 2 rings (SSSR count). The quantitative estimate of drug-likeness (QED) is 0.775. The van der Waals surface area contributed by atoms with E-state index < -0.39 is 0 Å². The predicted octanol–water partition coefficient (Wildman–Crippen LogP) is 3.28. The molecule has 0 spiro atoms. The first kappa shape index (κ1) is 12.9. The van der Waals surface area contributed by atoms with Gasteiger partial charge in [0, 0.05) is 5.56 Å². The first-order valence-corrected chi connectivity index (χ1v) is 6.98. The summed E-state index contributed by atoms with van der Waals surface area (Å²) in [5.41, 5.74) is 2.74. The van der Waals surface area contributed by atoms with Crippen LogP contribution in [0.5, 0.6) is 0 Å². The summed E-state index contributed by atoms with van der Waals surface area (Å²) in [5.74, 6) is 0.0451. The number of hydrogen-bond donors (Lipinski definition) is 0. The largest absolute Gasteiger partial charge is 0.288 e. The van der Waals surface area contributed by atoms with E-state index >= 15 is 0 Å². The number of carbonyl (C=O) groups is 1. The number of aromatic nitrogens is 2. The van der Waals surface area contributed by atoms with Gasteiger partial charge in [0.1, 0.15) is 4.88 Å². The average molecular weight is 260 g/mol. The van der Waals surface area contributed by atoms with Crippen LogP contribution in [0.3, 0.4) is 0 Å². The Morgan fingerprint density at radius 2 is 2.17 bits per heavy atom. The number of carbonyl (C=O) groups excluding carboxylic acids is 1. The van der Waals surface area contributed by atoms with Crippen LogP contribution in [0.25, 0.3) is 0 Å². The molecule has 1 heterocycles. The predicted molar refractivity (Wildman–Crippen MR) is 73.2 cm³/mol. The molecule has 0 amide bonds. The van der Waals surface area contributed by atoms with Crippen molar-refractivity contribution in [2.45, 2.75) is 33.1 Å². The molecule has 1 aromatic heterocycles. The van der Waals surface area contributed by atoms with Crippen molar-refractivity contribution in [1.29, 1.82) is 0 Å². The van der Waals surface area contributed by atoms with Gasteiger partial charge in [-0.2, -0.15) is 0 Å². The van der Waals surface area contributed by atoms with Crippen LogP contribution >= 0.6 is 11.5 Å². The van der Waals surface area contributed by atoms with E-state index in [0.717, 1.165) is 30.5 Å². The van der Waals surface area contributed by atoms with Gasteiger partial charge in [-0.1, -0.05) is 43.0 Å². The standard InChI is InChI=1S/C14H16N2OS/c1-3-6-12-14(18-16-15-12)13(17)11-8-5-7-10(4-2)9-11/h5,7-9H,3-4,6H2,1-2H3. The molecule has 0 radical (unpaired) electrons. The van der Waals surface area contributed by atoms with E-state index in [0.29, 0.717) is 4.88 Å². The Bertz CT molecular complexity index is 548. The molecule has 0 saturated carbocycles. The monoisotopic (exact) mass is 260 g/mol. The first-order chi connectivity index (χ1) is 8.76. The minimum absolute atomic E-state index is 0.0451. The van der Waals surface area contributed by atoms with Gasteiger partial charge in [-0.3, -0.25) is 4.79 Å². The number of nitrogens with zero attached hydrogens (tertiary/aromatic N) is 2. The lowest BCUT2D eigenvalue weighted by Crippen LogP contribution is -2.03. The molecule has 0 saturated heterocycles. The molecule has 4 heteroatoms. The van der Waals surface area contributed by atoms with Crippen LogP contribution in [0.1, 0.15) is 46.8 Å². The zero-order chi connectivity index (χ0) is 13.0. The number of benzene rings is 1. The van der Waals surface area contributed by atoms with Gasteiger partial charge < -0.3 is 0 Å². The summed E-state index contributed by atoms with van der Waals surface area (Å²) in [7, 11) is 0. The highest BCUT2D eigenvalue weighted by molar-refractivity contribution is 7.08. The minimum atomic E-state index is 0.0451. The van der Waals surface area contributed by atoms with E-state index in [1.165, 1.54) is 17.1 Å². The van der Waals surface area contributed by atoms with Crippen molar-refractivity contribution in [3.63, 3.8) is 0 Å². The smallest absolute Gasteiger partial charge is 0.206 e. The highest BCUT2D eigenvalue weighted by atomic mass is 32.1. The van der Waals surface area contributed by atoms with Gasteiger partial charge in [-0.15, -0.1) is 5.10 Å². The summed E-state index contributed by atoms with van der Waals surface area (Å²) in [6, 6.07) is 7.78. The summed E-state index contributed by atoms with van der Waals surface area (Å²) in [4.78, 5) is 13.1. The van der Waals surface area contributed by atoms with Gasteiger partial charge in [0.25, 0.3) is 0 Å². The molecule has 0 aliphatic heterocycles. The fourth-order valence-corrected chi connectivity index (χ4v) is 2.52. The van der Waals surface area contributed by atoms with Crippen LogP contribution < -0.4 is 0 Å². The van der Waals surface area contributed by atoms with Gasteiger partial charge in [-0.05, 0) is 36.0 Å². The van der Waals surface area contributed by atoms with E-state index in [1.54, 1.807) is 0 Å². The van der Waals surface area contributed by atoms with Crippen molar-refractivity contribution in [3.8, 4) is 0 Å². The average Bonchev–Trinajstić information content (AvgIpc) is 2.86. The molecular weight excluding hydrogens is 244 g/mol. The Kier molecular flexibility index (Phi) is 4.20. The van der Waals surface area contributed by atoms with Crippen LogP contribution in [0.2, 0.25) is 0 Å². The summed E-state index contributed by atoms with van der Waals surface area (Å²) >= 11 is 1.20. The van der Waals surface area contributed by atoms with Gasteiger partial charge in [0.15, 0.2) is 0 Å². The SMILES string of the molecule is CCCc1nnsc1C(=O)c1cccc(CC)c1. The van der Waals surface area contributed by atoms with E-state index in [1.807, 2.05) is 24.3 Å². The first-order valence-electron chi connectivity index (χ1n) is 6.21. The lowest BCUT2D eigenvalue weighted by atomic mass is 10.0. The molecule has 0 atom stereocenters. The second-order valence-electron chi connectivity index (χ2n) is 4.18.